The minimum Gasteiger partial charge on any atom is -0.496 e. The van der Waals surface area contributed by atoms with Crippen LogP contribution in [0.1, 0.15) is 18.4 Å². The summed E-state index contributed by atoms with van der Waals surface area (Å²) in [4.78, 5) is 2.32. The van der Waals surface area contributed by atoms with E-state index in [9.17, 15) is 9.50 Å². The van der Waals surface area contributed by atoms with Crippen molar-refractivity contribution in [1.29, 1.82) is 0 Å². The van der Waals surface area contributed by atoms with Crippen LogP contribution in [0, 0.1) is 17.7 Å². The molecule has 2 fully saturated rings. The molecule has 2 aromatic rings. The molecule has 1 saturated heterocycles. The van der Waals surface area contributed by atoms with E-state index < -0.39 is 6.10 Å². The molecule has 3 aliphatic rings. The normalized spacial score (nSPS) is 27.7. The van der Waals surface area contributed by atoms with Crippen LogP contribution in [0.4, 0.5) is 4.39 Å². The van der Waals surface area contributed by atoms with E-state index in [1.807, 2.05) is 18.2 Å². The number of likely N-dealkylation sites (tertiary alicyclic amines) is 1. The van der Waals surface area contributed by atoms with Crippen LogP contribution in [0.25, 0.3) is 0 Å². The van der Waals surface area contributed by atoms with Gasteiger partial charge in [0.15, 0.2) is 11.5 Å². The number of aliphatic hydroxyl groups excluding tert-OH is 1. The van der Waals surface area contributed by atoms with Crippen LogP contribution in [-0.2, 0) is 6.54 Å². The third kappa shape index (κ3) is 3.79. The van der Waals surface area contributed by atoms with Gasteiger partial charge in [0.1, 0.15) is 23.4 Å². The first-order valence-electron chi connectivity index (χ1n) is 10.4. The summed E-state index contributed by atoms with van der Waals surface area (Å²) in [5, 5.41) is 10.7. The third-order valence-electron chi connectivity index (χ3n) is 6.43. The molecule has 5 rings (SSSR count). The van der Waals surface area contributed by atoms with Crippen molar-refractivity contribution < 1.29 is 28.4 Å². The number of hydrogen-bond acceptors (Lipinski definition) is 6. The van der Waals surface area contributed by atoms with Crippen molar-refractivity contribution >= 4 is 0 Å². The molecule has 0 spiro atoms. The summed E-state index contributed by atoms with van der Waals surface area (Å²) in [6.07, 6.45) is 0.726. The molecule has 7 heteroatoms. The molecule has 0 radical (unpaired) electrons. The summed E-state index contributed by atoms with van der Waals surface area (Å²) in [6.45, 7) is 2.65. The fraction of sp³-hybridized carbons (Fsp3) is 0.478. The molecule has 0 amide bonds. The van der Waals surface area contributed by atoms with E-state index in [-0.39, 0.29) is 18.7 Å². The topological polar surface area (TPSA) is 60.4 Å². The molecule has 1 aliphatic carbocycles. The Hall–Kier alpha value is -2.51. The molecule has 0 bridgehead atoms. The van der Waals surface area contributed by atoms with Crippen molar-refractivity contribution in [3.8, 4) is 23.0 Å². The molecule has 0 aromatic heterocycles. The van der Waals surface area contributed by atoms with Crippen molar-refractivity contribution in [3.05, 3.63) is 47.8 Å². The van der Waals surface area contributed by atoms with Crippen LogP contribution in [0.5, 0.6) is 23.0 Å². The zero-order valence-electron chi connectivity index (χ0n) is 16.9. The number of methoxy groups -OCH3 is 1. The van der Waals surface area contributed by atoms with E-state index in [0.29, 0.717) is 47.8 Å². The van der Waals surface area contributed by atoms with Gasteiger partial charge >= 0.3 is 0 Å². The van der Waals surface area contributed by atoms with E-state index in [1.165, 1.54) is 6.07 Å². The van der Waals surface area contributed by atoms with Gasteiger partial charge in [0, 0.05) is 31.3 Å². The first kappa shape index (κ1) is 19.5. The Labute approximate surface area is 175 Å². The van der Waals surface area contributed by atoms with Gasteiger partial charge in [-0.05, 0) is 55.0 Å². The van der Waals surface area contributed by atoms with Gasteiger partial charge in [-0.2, -0.15) is 0 Å². The first-order valence-corrected chi connectivity index (χ1v) is 10.4. The lowest BCUT2D eigenvalue weighted by molar-refractivity contribution is -0.0232. The lowest BCUT2D eigenvalue weighted by Gasteiger charge is -2.35. The highest BCUT2D eigenvalue weighted by Gasteiger charge is 2.42. The van der Waals surface area contributed by atoms with Crippen LogP contribution >= 0.6 is 0 Å². The highest BCUT2D eigenvalue weighted by atomic mass is 19.1. The van der Waals surface area contributed by atoms with Crippen molar-refractivity contribution in [1.82, 2.24) is 4.90 Å². The van der Waals surface area contributed by atoms with Gasteiger partial charge in [-0.15, -0.1) is 0 Å². The smallest absolute Gasteiger partial charge is 0.231 e. The zero-order valence-corrected chi connectivity index (χ0v) is 16.9. The van der Waals surface area contributed by atoms with Gasteiger partial charge in [0.25, 0.3) is 0 Å². The van der Waals surface area contributed by atoms with E-state index in [1.54, 1.807) is 19.2 Å². The van der Waals surface area contributed by atoms with Crippen LogP contribution in [0.15, 0.2) is 36.4 Å². The van der Waals surface area contributed by atoms with Crippen molar-refractivity contribution in [3.63, 3.8) is 0 Å². The number of halogens is 1. The summed E-state index contributed by atoms with van der Waals surface area (Å²) in [5.74, 6) is 3.37. The van der Waals surface area contributed by atoms with E-state index in [2.05, 4.69) is 4.90 Å². The molecule has 2 aliphatic heterocycles. The lowest BCUT2D eigenvalue weighted by atomic mass is 9.78. The maximum atomic E-state index is 13.7. The molecular formula is C23H26FNO5. The number of ether oxygens (including phenoxy) is 4. The molecule has 1 N–H and O–H groups in total. The molecule has 30 heavy (non-hydrogen) atoms. The maximum absolute atomic E-state index is 13.7. The maximum Gasteiger partial charge on any atom is 0.231 e. The molecule has 4 atom stereocenters. The molecular weight excluding hydrogens is 389 g/mol. The Morgan fingerprint density at radius 3 is 2.70 bits per heavy atom. The standard InChI is InChI=1S/C23H26FNO5/c1-27-20-4-2-17(24)6-16(20)12-25-10-14-7-19(26)22(8-15(14)11-25)30-18-3-5-21-23(9-18)29-13-28-21/h2-6,9,14-15,19,22,26H,7-8,10-13H2,1H3/t14-,15+,19+,22+/m0/s1. The van der Waals surface area contributed by atoms with Crippen molar-refractivity contribution in [2.24, 2.45) is 11.8 Å². The van der Waals surface area contributed by atoms with Crippen molar-refractivity contribution in [2.45, 2.75) is 31.6 Å². The second-order valence-electron chi connectivity index (χ2n) is 8.38. The lowest BCUT2D eigenvalue weighted by Crippen LogP contribution is -2.42. The monoisotopic (exact) mass is 415 g/mol. The predicted molar refractivity (Wildman–Crippen MR) is 107 cm³/mol. The molecule has 6 nitrogen and oxygen atoms in total. The molecule has 1 saturated carbocycles. The summed E-state index contributed by atoms with van der Waals surface area (Å²) in [6, 6.07) is 10.1. The Kier molecular flexibility index (Phi) is 5.16. The van der Waals surface area contributed by atoms with Crippen molar-refractivity contribution in [2.75, 3.05) is 27.0 Å². The van der Waals surface area contributed by atoms with E-state index >= 15 is 0 Å². The van der Waals surface area contributed by atoms with Gasteiger partial charge in [0.2, 0.25) is 6.79 Å². The Morgan fingerprint density at radius 1 is 1.07 bits per heavy atom. The van der Waals surface area contributed by atoms with Gasteiger partial charge in [0.05, 0.1) is 13.2 Å². The first-order chi connectivity index (χ1) is 14.6. The van der Waals surface area contributed by atoms with Gasteiger partial charge in [-0.3, -0.25) is 4.90 Å². The van der Waals surface area contributed by atoms with Crippen LogP contribution in [0.3, 0.4) is 0 Å². The number of nitrogens with zero attached hydrogens (tertiary/aromatic N) is 1. The Balaban J connectivity index is 1.24. The highest BCUT2D eigenvalue weighted by Crippen LogP contribution is 2.40. The van der Waals surface area contributed by atoms with Crippen LogP contribution in [0.2, 0.25) is 0 Å². The molecule has 0 unspecified atom stereocenters. The number of aliphatic hydroxyl groups is 1. The SMILES string of the molecule is COc1ccc(F)cc1CN1C[C@H]2C[C@@H](Oc3ccc4c(c3)OCO4)[C@H](O)C[C@H]2C1. The quantitative estimate of drug-likeness (QED) is 0.809. The summed E-state index contributed by atoms with van der Waals surface area (Å²) >= 11 is 0. The fourth-order valence-electron chi connectivity index (χ4n) is 4.98. The van der Waals surface area contributed by atoms with E-state index in [0.717, 1.165) is 25.1 Å². The van der Waals surface area contributed by atoms with Crippen LogP contribution in [-0.4, -0.2) is 49.2 Å². The molecule has 2 aromatic carbocycles. The van der Waals surface area contributed by atoms with Gasteiger partial charge < -0.3 is 24.1 Å². The molecule has 160 valence electrons. The average molecular weight is 415 g/mol. The minimum absolute atomic E-state index is 0.223. The Bertz CT molecular complexity index is 922. The summed E-state index contributed by atoms with van der Waals surface area (Å²) in [5.41, 5.74) is 0.852. The Morgan fingerprint density at radius 2 is 1.87 bits per heavy atom. The minimum atomic E-state index is -0.514. The second-order valence-corrected chi connectivity index (χ2v) is 8.38. The second kappa shape index (κ2) is 7.96. The number of fused-ring (bicyclic) bond motifs is 2. The third-order valence-corrected chi connectivity index (χ3v) is 6.43. The average Bonchev–Trinajstić information content (AvgIpc) is 3.34. The fourth-order valence-corrected chi connectivity index (χ4v) is 4.98. The van der Waals surface area contributed by atoms with Gasteiger partial charge in [-0.1, -0.05) is 0 Å². The largest absolute Gasteiger partial charge is 0.496 e. The number of rotatable bonds is 5. The van der Waals surface area contributed by atoms with Gasteiger partial charge in [-0.25, -0.2) is 4.39 Å². The zero-order chi connectivity index (χ0) is 20.7. The highest BCUT2D eigenvalue weighted by molar-refractivity contribution is 5.47. The van der Waals surface area contributed by atoms with Crippen LogP contribution < -0.4 is 18.9 Å². The summed E-state index contributed by atoms with van der Waals surface area (Å²) in [7, 11) is 1.61. The molecule has 2 heterocycles. The van der Waals surface area contributed by atoms with E-state index in [4.69, 9.17) is 18.9 Å². The number of hydrogen-bond donors (Lipinski definition) is 1. The summed E-state index contributed by atoms with van der Waals surface area (Å²) < 4.78 is 36.0. The predicted octanol–water partition coefficient (Wildman–Crippen LogP) is 3.21. The number of benzene rings is 2.